The van der Waals surface area contributed by atoms with E-state index in [1.807, 2.05) is 20.2 Å². The molecule has 0 spiro atoms. The number of nitrogens with zero attached hydrogens (tertiary/aromatic N) is 6. The van der Waals surface area contributed by atoms with Crippen LogP contribution in [0.15, 0.2) is 46.4 Å². The van der Waals surface area contributed by atoms with Crippen molar-refractivity contribution < 1.29 is 18.5 Å². The highest BCUT2D eigenvalue weighted by Gasteiger charge is 2.64. The van der Waals surface area contributed by atoms with Crippen LogP contribution in [0.2, 0.25) is 0 Å². The highest BCUT2D eigenvalue weighted by Crippen LogP contribution is 2.63. The van der Waals surface area contributed by atoms with Crippen molar-refractivity contribution in [3.05, 3.63) is 52.6 Å². The van der Waals surface area contributed by atoms with E-state index in [1.54, 1.807) is 22.1 Å². The molecule has 13 heteroatoms. The van der Waals surface area contributed by atoms with Crippen LogP contribution in [-0.4, -0.2) is 86.5 Å². The van der Waals surface area contributed by atoms with Gasteiger partial charge in [-0.25, -0.2) is 14.6 Å². The maximum atomic E-state index is 12.7. The molecular weight excluding hydrogens is 521 g/mol. The molecule has 12 nitrogen and oxygen atoms in total. The molecule has 4 aliphatic rings. The van der Waals surface area contributed by atoms with E-state index < -0.39 is 26.5 Å². The number of nitrogens with one attached hydrogen (secondary N) is 1. The Labute approximate surface area is 226 Å². The van der Waals surface area contributed by atoms with Gasteiger partial charge in [0.2, 0.25) is 5.95 Å². The Hall–Kier alpha value is -2.73. The second-order valence-electron chi connectivity index (χ2n) is 10.7. The minimum atomic E-state index is -1.29. The standard InChI is InChI=1S/C26H32N7O5P/c1-4-26-13-35-20(21(26)38-39-33-12-8-11-17(33)19(37-39)16-9-6-5-7-10-16)24(36-26)32-15-27-18-22(32)29-25(30-23(18)34)28-14-31(2)3/h5-7,9-10,14-15,17,19-21,24H,4,8,11-13H2,1-3H3,(H,29,30,34)/t17-,19+,20?,21+,24+,26-,39+/m0/s1. The fraction of sp³-hybridized carbons (Fsp3) is 0.538. The lowest BCUT2D eigenvalue weighted by Crippen LogP contribution is -2.41. The molecule has 1 aromatic carbocycles. The number of H-pyrrole nitrogens is 1. The first-order chi connectivity index (χ1) is 19.0. The van der Waals surface area contributed by atoms with E-state index in [0.29, 0.717) is 24.7 Å². The third-order valence-corrected chi connectivity index (χ3v) is 9.77. The molecule has 1 unspecified atom stereocenters. The van der Waals surface area contributed by atoms with Crippen molar-refractivity contribution in [3.8, 4) is 0 Å². The molecule has 4 fully saturated rings. The van der Waals surface area contributed by atoms with Crippen LogP contribution in [0.5, 0.6) is 0 Å². The monoisotopic (exact) mass is 553 g/mol. The number of imidazole rings is 1. The molecule has 0 radical (unpaired) electrons. The highest BCUT2D eigenvalue weighted by atomic mass is 31.2. The minimum absolute atomic E-state index is 0.0104. The van der Waals surface area contributed by atoms with Crippen LogP contribution in [0.25, 0.3) is 11.2 Å². The number of aromatic nitrogens is 4. The summed E-state index contributed by atoms with van der Waals surface area (Å²) in [5.41, 5.74) is 0.804. The van der Waals surface area contributed by atoms with Crippen LogP contribution in [0.4, 0.5) is 5.95 Å². The molecule has 6 heterocycles. The Bertz CT molecular complexity index is 1450. The second-order valence-corrected chi connectivity index (χ2v) is 12.1. The number of hydrogen-bond acceptors (Lipinski definition) is 9. The summed E-state index contributed by atoms with van der Waals surface area (Å²) >= 11 is 0. The van der Waals surface area contributed by atoms with E-state index in [2.05, 4.69) is 55.8 Å². The van der Waals surface area contributed by atoms with Crippen molar-refractivity contribution in [3.63, 3.8) is 0 Å². The molecule has 2 aromatic heterocycles. The Kier molecular flexibility index (Phi) is 6.30. The first kappa shape index (κ1) is 25.3. The third-order valence-electron chi connectivity index (χ3n) is 8.04. The minimum Gasteiger partial charge on any atom is -0.369 e. The molecule has 206 valence electrons. The molecule has 4 aliphatic heterocycles. The zero-order chi connectivity index (χ0) is 26.7. The molecule has 7 rings (SSSR count). The molecule has 1 N–H and O–H groups in total. The Balaban J connectivity index is 1.19. The van der Waals surface area contributed by atoms with Crippen LogP contribution in [0, 0.1) is 0 Å². The smallest absolute Gasteiger partial charge is 0.280 e. The second kappa shape index (κ2) is 9.72. The van der Waals surface area contributed by atoms with Gasteiger partial charge in [-0.1, -0.05) is 37.3 Å². The quantitative estimate of drug-likeness (QED) is 0.267. The summed E-state index contributed by atoms with van der Waals surface area (Å²) in [6.07, 6.45) is 4.79. The molecule has 39 heavy (non-hydrogen) atoms. The van der Waals surface area contributed by atoms with Crippen LogP contribution in [0.3, 0.4) is 0 Å². The molecule has 0 amide bonds. The zero-order valence-corrected chi connectivity index (χ0v) is 23.0. The summed E-state index contributed by atoms with van der Waals surface area (Å²) in [4.78, 5) is 30.3. The summed E-state index contributed by atoms with van der Waals surface area (Å²) in [6, 6.07) is 10.7. The number of fused-ring (bicyclic) bond motifs is 4. The van der Waals surface area contributed by atoms with Gasteiger partial charge in [-0.2, -0.15) is 4.98 Å². The van der Waals surface area contributed by atoms with Crippen molar-refractivity contribution in [2.75, 3.05) is 27.2 Å². The molecule has 0 saturated carbocycles. The number of ether oxygens (including phenoxy) is 2. The van der Waals surface area contributed by atoms with Gasteiger partial charge in [-0.3, -0.25) is 14.3 Å². The van der Waals surface area contributed by atoms with Gasteiger partial charge in [0, 0.05) is 26.7 Å². The number of benzene rings is 1. The number of hydrogen-bond donors (Lipinski definition) is 1. The van der Waals surface area contributed by atoms with Crippen LogP contribution >= 0.6 is 8.53 Å². The number of rotatable bonds is 7. The molecular formula is C26H32N7O5P. The van der Waals surface area contributed by atoms with Gasteiger partial charge in [0.15, 0.2) is 17.4 Å². The lowest BCUT2D eigenvalue weighted by atomic mass is 9.96. The Morgan fingerprint density at radius 1 is 1.33 bits per heavy atom. The predicted molar refractivity (Wildman–Crippen MR) is 145 cm³/mol. The van der Waals surface area contributed by atoms with Gasteiger partial charge < -0.3 is 23.4 Å². The molecule has 7 atom stereocenters. The number of aromatic amines is 1. The van der Waals surface area contributed by atoms with Crippen LogP contribution in [0.1, 0.15) is 44.1 Å². The Morgan fingerprint density at radius 2 is 2.18 bits per heavy atom. The number of aliphatic imine (C=N–C) groups is 1. The predicted octanol–water partition coefficient (Wildman–Crippen LogP) is 3.27. The fourth-order valence-corrected chi connectivity index (χ4v) is 8.10. The van der Waals surface area contributed by atoms with Gasteiger partial charge in [-0.15, -0.1) is 0 Å². The molecule has 4 saturated heterocycles. The van der Waals surface area contributed by atoms with E-state index in [1.165, 1.54) is 5.56 Å². The van der Waals surface area contributed by atoms with Gasteiger partial charge in [0.05, 0.1) is 19.3 Å². The van der Waals surface area contributed by atoms with E-state index in [-0.39, 0.29) is 29.2 Å². The van der Waals surface area contributed by atoms with Crippen molar-refractivity contribution in [2.45, 2.75) is 62.4 Å². The molecule has 3 aromatic rings. The van der Waals surface area contributed by atoms with Gasteiger partial charge >= 0.3 is 0 Å². The van der Waals surface area contributed by atoms with Crippen molar-refractivity contribution >= 4 is 32.0 Å². The van der Waals surface area contributed by atoms with E-state index in [4.69, 9.17) is 18.5 Å². The maximum absolute atomic E-state index is 12.7. The van der Waals surface area contributed by atoms with Crippen molar-refractivity contribution in [1.29, 1.82) is 0 Å². The van der Waals surface area contributed by atoms with E-state index >= 15 is 0 Å². The van der Waals surface area contributed by atoms with E-state index in [9.17, 15) is 4.79 Å². The maximum Gasteiger partial charge on any atom is 0.280 e. The first-order valence-corrected chi connectivity index (χ1v) is 14.5. The lowest BCUT2D eigenvalue weighted by molar-refractivity contribution is -0.172. The average molecular weight is 554 g/mol. The third kappa shape index (κ3) is 4.13. The summed E-state index contributed by atoms with van der Waals surface area (Å²) in [5.74, 6) is 0.194. The average Bonchev–Trinajstić information content (AvgIpc) is 3.75. The topological polar surface area (TPSA) is 119 Å². The highest BCUT2D eigenvalue weighted by molar-refractivity contribution is 7.45. The van der Waals surface area contributed by atoms with Crippen molar-refractivity contribution in [2.24, 2.45) is 4.99 Å². The molecule has 0 aliphatic carbocycles. The molecule has 2 bridgehead atoms. The summed E-state index contributed by atoms with van der Waals surface area (Å²) < 4.78 is 30.6. The van der Waals surface area contributed by atoms with Gasteiger partial charge in [-0.05, 0) is 24.8 Å². The van der Waals surface area contributed by atoms with E-state index in [0.717, 1.165) is 19.4 Å². The normalized spacial score (nSPS) is 34.0. The zero-order valence-electron chi connectivity index (χ0n) is 22.1. The fourth-order valence-electron chi connectivity index (χ4n) is 6.06. The Morgan fingerprint density at radius 3 is 2.97 bits per heavy atom. The van der Waals surface area contributed by atoms with Gasteiger partial charge in [0.1, 0.15) is 23.9 Å². The van der Waals surface area contributed by atoms with Crippen molar-refractivity contribution in [1.82, 2.24) is 29.1 Å². The first-order valence-electron chi connectivity index (χ1n) is 13.4. The van der Waals surface area contributed by atoms with Crippen LogP contribution < -0.4 is 5.56 Å². The van der Waals surface area contributed by atoms with Crippen LogP contribution in [-0.2, 0) is 18.5 Å². The summed E-state index contributed by atoms with van der Waals surface area (Å²) in [7, 11) is 2.40. The largest absolute Gasteiger partial charge is 0.369 e. The summed E-state index contributed by atoms with van der Waals surface area (Å²) in [5, 5.41) is 0. The SMILES string of the molecule is CC[C@@]12COC([C@H](n3cnc4c(=O)[nH]c(N=CN(C)C)nc43)O1)[C@H]2O[P@@]1O[C@H](c2ccccc2)[C@@H]2CCCN21. The summed E-state index contributed by atoms with van der Waals surface area (Å²) in [6.45, 7) is 3.47. The lowest BCUT2D eigenvalue weighted by Gasteiger charge is -2.31. The van der Waals surface area contributed by atoms with Gasteiger partial charge in [0.25, 0.3) is 14.1 Å².